The number of quaternary nitrogens is 1. The Morgan fingerprint density at radius 3 is 1.09 bits per heavy atom. The predicted molar refractivity (Wildman–Crippen MR) is 381 cm³/mol. The van der Waals surface area contributed by atoms with E-state index in [4.69, 9.17) is 13.8 Å². The van der Waals surface area contributed by atoms with E-state index in [0.29, 0.717) is 23.9 Å². The molecule has 88 heavy (non-hydrogen) atoms. The van der Waals surface area contributed by atoms with E-state index in [2.05, 4.69) is 99.0 Å². The van der Waals surface area contributed by atoms with Gasteiger partial charge >= 0.3 is 5.97 Å². The van der Waals surface area contributed by atoms with Gasteiger partial charge in [-0.25, -0.2) is 0 Å². The van der Waals surface area contributed by atoms with Crippen LogP contribution in [0.25, 0.3) is 0 Å². The number of nitrogens with one attached hydrogen (secondary N) is 1. The van der Waals surface area contributed by atoms with E-state index in [1.165, 1.54) is 205 Å². The molecule has 1 amide bonds. The lowest BCUT2D eigenvalue weighted by Gasteiger charge is -2.30. The van der Waals surface area contributed by atoms with Crippen LogP contribution >= 0.6 is 7.82 Å². The molecule has 0 heterocycles. The van der Waals surface area contributed by atoms with Gasteiger partial charge in [0, 0.05) is 12.8 Å². The second-order valence-corrected chi connectivity index (χ2v) is 27.8. The lowest BCUT2D eigenvalue weighted by atomic mass is 10.0. The van der Waals surface area contributed by atoms with Crippen LogP contribution in [0.2, 0.25) is 0 Å². The molecule has 3 unspecified atom stereocenters. The SMILES string of the molecule is CC/C=C\C/C=C\C/C=C\C/C=C\C/C=C\C/C=C\CCCCCCC(=O)OC(/C=C/CCCCCCCCCCCC)C(COP(=O)([O-])OCC[N+](C)(C)C)NC(=O)CCCCCCCCCCCCCCCCCCCCCCCCCCCCC. The summed E-state index contributed by atoms with van der Waals surface area (Å²) in [6, 6.07) is -0.903. The van der Waals surface area contributed by atoms with Gasteiger partial charge in [-0.3, -0.25) is 14.2 Å². The van der Waals surface area contributed by atoms with Crippen LogP contribution < -0.4 is 10.2 Å². The predicted octanol–water partition coefficient (Wildman–Crippen LogP) is 23.4. The Balaban J connectivity index is 5.03. The zero-order chi connectivity index (χ0) is 64.2. The number of unbranched alkanes of at least 4 members (excludes halogenated alkanes) is 40. The number of likely N-dealkylation sites (N-methyl/N-ethyl adjacent to an activating group) is 1. The average Bonchev–Trinajstić information content (AvgIpc) is 3.71. The highest BCUT2D eigenvalue weighted by molar-refractivity contribution is 7.45. The maximum atomic E-state index is 13.6. The smallest absolute Gasteiger partial charge is 0.306 e. The van der Waals surface area contributed by atoms with Crippen molar-refractivity contribution in [2.45, 2.75) is 360 Å². The summed E-state index contributed by atoms with van der Waals surface area (Å²) >= 11 is 0. The number of phosphoric ester groups is 1. The first-order valence-corrected chi connectivity index (χ1v) is 38.9. The Morgan fingerprint density at radius 1 is 0.409 bits per heavy atom. The van der Waals surface area contributed by atoms with Gasteiger partial charge in [0.25, 0.3) is 7.82 Å². The van der Waals surface area contributed by atoms with Crippen molar-refractivity contribution in [2.75, 3.05) is 40.9 Å². The lowest BCUT2D eigenvalue weighted by molar-refractivity contribution is -0.870. The molecule has 0 saturated heterocycles. The van der Waals surface area contributed by atoms with E-state index in [1.807, 2.05) is 33.3 Å². The maximum absolute atomic E-state index is 13.6. The number of nitrogens with zero attached hydrogens (tertiary/aromatic N) is 1. The molecule has 10 heteroatoms. The van der Waals surface area contributed by atoms with Crippen molar-refractivity contribution in [3.63, 3.8) is 0 Å². The third-order valence-corrected chi connectivity index (χ3v) is 17.6. The number of carbonyl (C=O) groups excluding carboxylic acids is 2. The topological polar surface area (TPSA) is 114 Å². The van der Waals surface area contributed by atoms with Gasteiger partial charge in [-0.15, -0.1) is 0 Å². The number of phosphoric acid groups is 1. The Hall–Kier alpha value is -2.81. The summed E-state index contributed by atoms with van der Waals surface area (Å²) < 4.78 is 30.5. The number of hydrogen-bond acceptors (Lipinski definition) is 7. The number of amides is 1. The van der Waals surface area contributed by atoms with Crippen LogP contribution in [0.1, 0.15) is 348 Å². The zero-order valence-electron chi connectivity index (χ0n) is 58.7. The van der Waals surface area contributed by atoms with E-state index in [-0.39, 0.29) is 24.9 Å². The van der Waals surface area contributed by atoms with Crippen molar-refractivity contribution >= 4 is 19.7 Å². The van der Waals surface area contributed by atoms with E-state index in [9.17, 15) is 19.0 Å². The molecule has 0 aliphatic carbocycles. The van der Waals surface area contributed by atoms with E-state index < -0.39 is 26.6 Å². The summed E-state index contributed by atoms with van der Waals surface area (Å²) in [4.78, 5) is 40.2. The van der Waals surface area contributed by atoms with Crippen LogP contribution in [0.5, 0.6) is 0 Å². The molecule has 0 saturated carbocycles. The fourth-order valence-corrected chi connectivity index (χ4v) is 11.6. The van der Waals surface area contributed by atoms with Gasteiger partial charge in [0.05, 0.1) is 33.8 Å². The van der Waals surface area contributed by atoms with Gasteiger partial charge < -0.3 is 28.5 Å². The summed E-state index contributed by atoms with van der Waals surface area (Å²) in [5.41, 5.74) is 0. The second-order valence-electron chi connectivity index (χ2n) is 26.4. The summed E-state index contributed by atoms with van der Waals surface area (Å²) in [7, 11) is 1.17. The Morgan fingerprint density at radius 2 is 0.727 bits per heavy atom. The zero-order valence-corrected chi connectivity index (χ0v) is 59.6. The molecule has 0 bridgehead atoms. The Kier molecular flexibility index (Phi) is 64.9. The molecule has 512 valence electrons. The van der Waals surface area contributed by atoms with E-state index in [0.717, 1.165) is 103 Å². The third kappa shape index (κ3) is 67.6. The van der Waals surface area contributed by atoms with Crippen molar-refractivity contribution in [3.8, 4) is 0 Å². The molecule has 0 aromatic rings. The second kappa shape index (κ2) is 67.1. The van der Waals surface area contributed by atoms with Crippen LogP contribution in [-0.4, -0.2) is 69.4 Å². The summed E-state index contributed by atoms with van der Waals surface area (Å²) in [5.74, 6) is -0.559. The normalized spacial score (nSPS) is 13.9. The van der Waals surface area contributed by atoms with E-state index in [1.54, 1.807) is 0 Å². The monoisotopic (exact) mass is 1250 g/mol. The Labute approximate surface area is 546 Å². The van der Waals surface area contributed by atoms with Gasteiger partial charge in [0.1, 0.15) is 19.3 Å². The maximum Gasteiger partial charge on any atom is 0.306 e. The molecule has 0 fully saturated rings. The minimum atomic E-state index is -4.72. The highest BCUT2D eigenvalue weighted by Gasteiger charge is 2.27. The van der Waals surface area contributed by atoms with Crippen LogP contribution in [0.4, 0.5) is 0 Å². The standard InChI is InChI=1S/C78H143N2O7P/c1-7-10-13-16-19-22-25-28-30-32-34-36-38-39-40-41-43-44-46-48-50-52-55-58-61-64-67-70-77(81)79-75(74-86-88(83,84)85-73-72-80(4,5)6)76(69-66-63-60-57-54-27-24-21-18-15-12-9-3)87-78(82)71-68-65-62-59-56-53-51-49-47-45-42-37-35-33-31-29-26-23-20-17-14-11-8-2/h11,14,20,23,29,31,35,37,45,47,51,53,66,69,75-76H,7-10,12-13,15-19,21-22,24-28,30,32-34,36,38-44,46,48-50,52,54-65,67-68,70-74H2,1-6H3,(H-,79,81,83,84)/b14-11-,23-20-,31-29-,37-35-,47-45-,53-51-,69-66+. The molecular formula is C78H143N2O7P. The first-order valence-electron chi connectivity index (χ1n) is 37.4. The fourth-order valence-electron chi connectivity index (χ4n) is 10.9. The number of rotatable bonds is 68. The highest BCUT2D eigenvalue weighted by Crippen LogP contribution is 2.38. The molecule has 0 aliphatic heterocycles. The molecule has 3 atom stereocenters. The third-order valence-electron chi connectivity index (χ3n) is 16.6. The molecule has 0 aliphatic rings. The summed E-state index contributed by atoms with van der Waals surface area (Å²) in [6.45, 7) is 6.75. The minimum Gasteiger partial charge on any atom is -0.756 e. The first-order chi connectivity index (χ1) is 42.9. The number of ether oxygens (including phenoxy) is 1. The van der Waals surface area contributed by atoms with E-state index >= 15 is 0 Å². The lowest BCUT2D eigenvalue weighted by Crippen LogP contribution is -2.47. The van der Waals surface area contributed by atoms with Gasteiger partial charge in [0.15, 0.2) is 0 Å². The number of carbonyl (C=O) groups is 2. The number of hydrogen-bond donors (Lipinski definition) is 1. The van der Waals surface area contributed by atoms with Gasteiger partial charge in [-0.2, -0.15) is 0 Å². The van der Waals surface area contributed by atoms with Gasteiger partial charge in [-0.1, -0.05) is 337 Å². The van der Waals surface area contributed by atoms with Crippen molar-refractivity contribution < 1.29 is 37.3 Å². The molecule has 0 aromatic heterocycles. The molecule has 1 N–H and O–H groups in total. The average molecular weight is 1250 g/mol. The van der Waals surface area contributed by atoms with Crippen LogP contribution in [0.3, 0.4) is 0 Å². The highest BCUT2D eigenvalue weighted by atomic mass is 31.2. The molecule has 9 nitrogen and oxygen atoms in total. The largest absolute Gasteiger partial charge is 0.756 e. The van der Waals surface area contributed by atoms with Crippen LogP contribution in [0, 0.1) is 0 Å². The van der Waals surface area contributed by atoms with Crippen molar-refractivity contribution in [1.29, 1.82) is 0 Å². The molecule has 0 spiro atoms. The van der Waals surface area contributed by atoms with Crippen molar-refractivity contribution in [2.24, 2.45) is 0 Å². The summed E-state index contributed by atoms with van der Waals surface area (Å²) in [5, 5.41) is 3.04. The number of esters is 1. The van der Waals surface area contributed by atoms with Crippen LogP contribution in [-0.2, 0) is 27.9 Å². The molecule has 0 rings (SSSR count). The van der Waals surface area contributed by atoms with Gasteiger partial charge in [0.2, 0.25) is 5.91 Å². The van der Waals surface area contributed by atoms with Crippen LogP contribution in [0.15, 0.2) is 85.1 Å². The van der Waals surface area contributed by atoms with Crippen molar-refractivity contribution in [3.05, 3.63) is 85.1 Å². The fraction of sp³-hybridized carbons (Fsp3) is 0.795. The summed E-state index contributed by atoms with van der Waals surface area (Å²) in [6.07, 6.45) is 90.1. The molecular weight excluding hydrogens is 1110 g/mol. The van der Waals surface area contributed by atoms with Gasteiger partial charge in [-0.05, 0) is 83.1 Å². The quantitative estimate of drug-likeness (QED) is 0.0212. The molecule has 0 aromatic carbocycles. The number of allylic oxidation sites excluding steroid dienone is 13. The first kappa shape index (κ1) is 85.2. The molecule has 0 radical (unpaired) electrons. The van der Waals surface area contributed by atoms with Crippen molar-refractivity contribution in [1.82, 2.24) is 5.32 Å². The Bertz CT molecular complexity index is 1780. The minimum absolute atomic E-state index is 0.0283.